The zero-order chi connectivity index (χ0) is 9.84. The van der Waals surface area contributed by atoms with Crippen LogP contribution in [0.5, 0.6) is 0 Å². The molecular weight excluding hydrogens is 192 g/mol. The Morgan fingerprint density at radius 3 is 2.92 bits per heavy atom. The van der Waals surface area contributed by atoms with Crippen molar-refractivity contribution in [1.29, 1.82) is 0 Å². The van der Waals surface area contributed by atoms with Gasteiger partial charge in [0.15, 0.2) is 0 Å². The van der Waals surface area contributed by atoms with E-state index >= 15 is 0 Å². The maximum atomic E-state index is 9.68. The van der Waals surface area contributed by atoms with E-state index in [-0.39, 0.29) is 0 Å². The van der Waals surface area contributed by atoms with Gasteiger partial charge in [-0.3, -0.25) is 4.68 Å². The van der Waals surface area contributed by atoms with E-state index in [1.54, 1.807) is 18.8 Å². The first kappa shape index (κ1) is 10.5. The Morgan fingerprint density at radius 1 is 1.77 bits per heavy atom. The maximum absolute atomic E-state index is 9.68. The van der Waals surface area contributed by atoms with Crippen LogP contribution < -0.4 is 0 Å². The number of hydrogen-bond donors (Lipinski definition) is 1. The lowest BCUT2D eigenvalue weighted by molar-refractivity contribution is 0.105. The van der Waals surface area contributed by atoms with Crippen LogP contribution in [-0.2, 0) is 11.8 Å². The fourth-order valence-corrected chi connectivity index (χ4v) is 1.45. The van der Waals surface area contributed by atoms with Crippen molar-refractivity contribution < 1.29 is 9.84 Å². The number of nitrogens with zero attached hydrogens (tertiary/aromatic N) is 2. The lowest BCUT2D eigenvalue weighted by atomic mass is 10.2. The average Bonchev–Trinajstić information content (AvgIpc) is 2.42. The molecule has 74 valence electrons. The number of aromatic nitrogens is 2. The molecular formula is C8H13ClN2O2. The number of halogens is 1. The lowest BCUT2D eigenvalue weighted by Crippen LogP contribution is -2.08. The van der Waals surface area contributed by atoms with Crippen LogP contribution in [0.15, 0.2) is 6.20 Å². The van der Waals surface area contributed by atoms with E-state index in [4.69, 9.17) is 16.3 Å². The first-order chi connectivity index (χ1) is 6.16. The number of hydrogen-bond acceptors (Lipinski definition) is 3. The van der Waals surface area contributed by atoms with Gasteiger partial charge in [0.05, 0.1) is 23.0 Å². The van der Waals surface area contributed by atoms with E-state index in [2.05, 4.69) is 5.10 Å². The van der Waals surface area contributed by atoms with Crippen molar-refractivity contribution >= 4 is 11.6 Å². The van der Waals surface area contributed by atoms with Crippen LogP contribution in [0.2, 0.25) is 5.02 Å². The second-order valence-electron chi connectivity index (χ2n) is 2.80. The highest BCUT2D eigenvalue weighted by Gasteiger charge is 2.15. The number of ether oxygens (including phenoxy) is 1. The second-order valence-corrected chi connectivity index (χ2v) is 3.21. The monoisotopic (exact) mass is 204 g/mol. The highest BCUT2D eigenvalue weighted by atomic mass is 35.5. The minimum atomic E-state index is -0.611. The second kappa shape index (κ2) is 4.60. The summed E-state index contributed by atoms with van der Waals surface area (Å²) < 4.78 is 6.43. The van der Waals surface area contributed by atoms with Crippen LogP contribution in [0.1, 0.15) is 18.2 Å². The highest BCUT2D eigenvalue weighted by molar-refractivity contribution is 6.31. The molecule has 1 unspecified atom stereocenters. The molecule has 0 saturated carbocycles. The molecule has 0 aliphatic heterocycles. The van der Waals surface area contributed by atoms with Crippen LogP contribution >= 0.6 is 11.6 Å². The van der Waals surface area contributed by atoms with Gasteiger partial charge in [-0.15, -0.1) is 0 Å². The summed E-state index contributed by atoms with van der Waals surface area (Å²) in [5.74, 6) is 0. The molecule has 1 rings (SSSR count). The molecule has 4 nitrogen and oxygen atoms in total. The van der Waals surface area contributed by atoms with E-state index in [1.807, 2.05) is 0 Å². The van der Waals surface area contributed by atoms with Crippen molar-refractivity contribution in [3.8, 4) is 0 Å². The van der Waals surface area contributed by atoms with Gasteiger partial charge < -0.3 is 9.84 Å². The van der Waals surface area contributed by atoms with Gasteiger partial charge in [0.1, 0.15) is 0 Å². The molecule has 1 aromatic rings. The van der Waals surface area contributed by atoms with Crippen molar-refractivity contribution in [3.63, 3.8) is 0 Å². The molecule has 0 spiro atoms. The van der Waals surface area contributed by atoms with Crippen LogP contribution in [0.4, 0.5) is 0 Å². The predicted molar refractivity (Wildman–Crippen MR) is 49.7 cm³/mol. The zero-order valence-electron chi connectivity index (χ0n) is 7.70. The van der Waals surface area contributed by atoms with Crippen LogP contribution in [0.3, 0.4) is 0 Å². The molecule has 5 heteroatoms. The van der Waals surface area contributed by atoms with Crippen molar-refractivity contribution in [2.75, 3.05) is 13.7 Å². The van der Waals surface area contributed by atoms with Gasteiger partial charge in [-0.25, -0.2) is 0 Å². The fourth-order valence-electron chi connectivity index (χ4n) is 1.16. The Hall–Kier alpha value is -0.580. The fraction of sp³-hybridized carbons (Fsp3) is 0.625. The molecule has 0 fully saturated rings. The quantitative estimate of drug-likeness (QED) is 0.800. The molecule has 0 bridgehead atoms. The molecule has 1 N–H and O–H groups in total. The topological polar surface area (TPSA) is 47.3 Å². The van der Waals surface area contributed by atoms with Gasteiger partial charge in [-0.1, -0.05) is 11.6 Å². The van der Waals surface area contributed by atoms with Gasteiger partial charge in [0.2, 0.25) is 0 Å². The zero-order valence-corrected chi connectivity index (χ0v) is 8.45. The SMILES string of the molecule is COCCC(O)c1c(Cl)cnn1C. The normalized spacial score (nSPS) is 13.2. The van der Waals surface area contributed by atoms with Gasteiger partial charge in [-0.2, -0.15) is 5.10 Å². The summed E-state index contributed by atoms with van der Waals surface area (Å²) in [6.45, 7) is 0.503. The number of rotatable bonds is 4. The third-order valence-corrected chi connectivity index (χ3v) is 2.14. The van der Waals surface area contributed by atoms with Crippen molar-refractivity contribution in [1.82, 2.24) is 9.78 Å². The Labute approximate surface area is 82.1 Å². The van der Waals surface area contributed by atoms with E-state index in [9.17, 15) is 5.11 Å². The maximum Gasteiger partial charge on any atom is 0.0993 e. The third-order valence-electron chi connectivity index (χ3n) is 1.85. The Balaban J connectivity index is 2.69. The Morgan fingerprint density at radius 2 is 2.46 bits per heavy atom. The summed E-state index contributed by atoms with van der Waals surface area (Å²) in [5.41, 5.74) is 0.638. The highest BCUT2D eigenvalue weighted by Crippen LogP contribution is 2.23. The van der Waals surface area contributed by atoms with Crippen molar-refractivity contribution in [2.24, 2.45) is 7.05 Å². The van der Waals surface area contributed by atoms with E-state index in [1.165, 1.54) is 6.20 Å². The van der Waals surface area contributed by atoms with Gasteiger partial charge >= 0.3 is 0 Å². The summed E-state index contributed by atoms with van der Waals surface area (Å²) in [6, 6.07) is 0. The minimum absolute atomic E-state index is 0.492. The molecule has 0 amide bonds. The smallest absolute Gasteiger partial charge is 0.0993 e. The lowest BCUT2D eigenvalue weighted by Gasteiger charge is -2.10. The summed E-state index contributed by atoms with van der Waals surface area (Å²) in [5, 5.41) is 14.1. The molecule has 0 aliphatic rings. The summed E-state index contributed by atoms with van der Waals surface area (Å²) >= 11 is 5.83. The molecule has 1 atom stereocenters. The summed E-state index contributed by atoms with van der Waals surface area (Å²) in [7, 11) is 3.34. The van der Waals surface area contributed by atoms with Gasteiger partial charge in [0.25, 0.3) is 0 Å². The van der Waals surface area contributed by atoms with E-state index in [0.29, 0.717) is 23.7 Å². The van der Waals surface area contributed by atoms with Crippen molar-refractivity contribution in [2.45, 2.75) is 12.5 Å². The predicted octanol–water partition coefficient (Wildman–Crippen LogP) is 1.14. The van der Waals surface area contributed by atoms with Crippen LogP contribution in [-0.4, -0.2) is 28.6 Å². The first-order valence-electron chi connectivity index (χ1n) is 4.01. The number of methoxy groups -OCH3 is 1. The summed E-state index contributed by atoms with van der Waals surface area (Å²) in [4.78, 5) is 0. The largest absolute Gasteiger partial charge is 0.387 e. The summed E-state index contributed by atoms with van der Waals surface area (Å²) in [6.07, 6.45) is 1.43. The number of aliphatic hydroxyl groups excluding tert-OH is 1. The van der Waals surface area contributed by atoms with Crippen molar-refractivity contribution in [3.05, 3.63) is 16.9 Å². The molecule has 1 heterocycles. The molecule has 13 heavy (non-hydrogen) atoms. The molecule has 0 aromatic carbocycles. The minimum Gasteiger partial charge on any atom is -0.387 e. The molecule has 0 saturated heterocycles. The van der Waals surface area contributed by atoms with Crippen LogP contribution in [0.25, 0.3) is 0 Å². The number of aryl methyl sites for hydroxylation is 1. The van der Waals surface area contributed by atoms with E-state index in [0.717, 1.165) is 0 Å². The Kier molecular flexibility index (Phi) is 3.71. The van der Waals surface area contributed by atoms with Gasteiger partial charge in [0, 0.05) is 27.2 Å². The standard InChI is InChI=1S/C8H13ClN2O2/c1-11-8(6(9)5-10-11)7(12)3-4-13-2/h5,7,12H,3-4H2,1-2H3. The third kappa shape index (κ3) is 2.43. The molecule has 1 aromatic heterocycles. The number of aliphatic hydroxyl groups is 1. The average molecular weight is 205 g/mol. The van der Waals surface area contributed by atoms with E-state index < -0.39 is 6.10 Å². The van der Waals surface area contributed by atoms with Gasteiger partial charge in [-0.05, 0) is 0 Å². The van der Waals surface area contributed by atoms with Crippen LogP contribution in [0, 0.1) is 0 Å². The Bertz CT molecular complexity index is 256. The molecule has 0 radical (unpaired) electrons. The molecule has 0 aliphatic carbocycles. The first-order valence-corrected chi connectivity index (χ1v) is 4.39.